The number of hydrogen-bond donors (Lipinski definition) is 2. The molecule has 5 heteroatoms. The van der Waals surface area contributed by atoms with Gasteiger partial charge in [-0.1, -0.05) is 37.3 Å². The van der Waals surface area contributed by atoms with Crippen LogP contribution in [-0.4, -0.2) is 24.9 Å². The third-order valence-electron chi connectivity index (χ3n) is 4.84. The van der Waals surface area contributed by atoms with Gasteiger partial charge >= 0.3 is 0 Å². The first-order chi connectivity index (χ1) is 13.2. The van der Waals surface area contributed by atoms with Crippen LogP contribution in [0.15, 0.2) is 48.5 Å². The van der Waals surface area contributed by atoms with Crippen LogP contribution in [0.2, 0.25) is 0 Å². The number of nitrogens with one attached hydrogen (secondary N) is 2. The molecule has 1 aliphatic rings. The Morgan fingerprint density at radius 2 is 1.74 bits per heavy atom. The Bertz CT molecular complexity index is 783. The molecular formula is C22H27N3O2. The Morgan fingerprint density at radius 3 is 2.44 bits per heavy atom. The summed E-state index contributed by atoms with van der Waals surface area (Å²) in [5, 5.41) is 5.86. The second-order valence-electron chi connectivity index (χ2n) is 6.85. The quantitative estimate of drug-likeness (QED) is 0.815. The molecule has 2 aromatic rings. The molecule has 27 heavy (non-hydrogen) atoms. The van der Waals surface area contributed by atoms with Crippen LogP contribution < -0.4 is 15.5 Å². The highest BCUT2D eigenvalue weighted by Gasteiger charge is 2.19. The molecule has 2 aromatic carbocycles. The van der Waals surface area contributed by atoms with Crippen molar-refractivity contribution in [3.8, 4) is 0 Å². The van der Waals surface area contributed by atoms with Crippen molar-refractivity contribution >= 4 is 23.2 Å². The van der Waals surface area contributed by atoms with Crippen LogP contribution in [0.4, 0.5) is 11.4 Å². The second-order valence-corrected chi connectivity index (χ2v) is 6.85. The fourth-order valence-electron chi connectivity index (χ4n) is 3.33. The second kappa shape index (κ2) is 9.21. The van der Waals surface area contributed by atoms with Crippen LogP contribution in [0.3, 0.4) is 0 Å². The third-order valence-corrected chi connectivity index (χ3v) is 4.84. The molecule has 0 radical (unpaired) electrons. The van der Waals surface area contributed by atoms with E-state index in [1.165, 1.54) is 6.42 Å². The molecule has 2 amide bonds. The number of amides is 2. The Balaban J connectivity index is 1.82. The van der Waals surface area contributed by atoms with Crippen molar-refractivity contribution in [3.05, 3.63) is 59.7 Å². The van der Waals surface area contributed by atoms with Crippen molar-refractivity contribution in [1.29, 1.82) is 0 Å². The van der Waals surface area contributed by atoms with Crippen molar-refractivity contribution in [2.75, 3.05) is 23.3 Å². The van der Waals surface area contributed by atoms with E-state index in [1.54, 1.807) is 6.07 Å². The minimum absolute atomic E-state index is 0.0589. The Hall–Kier alpha value is -2.82. The summed E-state index contributed by atoms with van der Waals surface area (Å²) < 4.78 is 0. The molecule has 5 nitrogen and oxygen atoms in total. The highest BCUT2D eigenvalue weighted by molar-refractivity contribution is 6.02. The molecule has 1 aliphatic heterocycles. The van der Waals surface area contributed by atoms with Crippen molar-refractivity contribution in [2.45, 2.75) is 39.2 Å². The zero-order valence-electron chi connectivity index (χ0n) is 15.8. The molecule has 0 aliphatic carbocycles. The van der Waals surface area contributed by atoms with E-state index in [2.05, 4.69) is 15.5 Å². The zero-order chi connectivity index (χ0) is 19.1. The SMILES string of the molecule is CCC(=O)Nc1ccc(N2CCCCC2)c(C(=O)NCc2ccccc2)c1. The lowest BCUT2D eigenvalue weighted by Gasteiger charge is -2.30. The van der Waals surface area contributed by atoms with E-state index in [4.69, 9.17) is 0 Å². The standard InChI is InChI=1S/C22H27N3O2/c1-2-21(26)24-18-11-12-20(25-13-7-4-8-14-25)19(15-18)22(27)23-16-17-9-5-3-6-10-17/h3,5-6,9-12,15H,2,4,7-8,13-14,16H2,1H3,(H,23,27)(H,24,26). The maximum Gasteiger partial charge on any atom is 0.253 e. The Labute approximate surface area is 160 Å². The van der Waals surface area contributed by atoms with Crippen LogP contribution in [0, 0.1) is 0 Å². The van der Waals surface area contributed by atoms with Gasteiger partial charge in [0.25, 0.3) is 5.91 Å². The average Bonchev–Trinajstić information content (AvgIpc) is 2.73. The number of anilines is 2. The molecule has 0 spiro atoms. The summed E-state index contributed by atoms with van der Waals surface area (Å²) in [4.78, 5) is 26.9. The van der Waals surface area contributed by atoms with E-state index >= 15 is 0 Å². The summed E-state index contributed by atoms with van der Waals surface area (Å²) in [6.07, 6.45) is 3.92. The van der Waals surface area contributed by atoms with E-state index in [1.807, 2.05) is 49.4 Å². The Morgan fingerprint density at radius 1 is 1.00 bits per heavy atom. The van der Waals surface area contributed by atoms with Gasteiger partial charge in [-0.05, 0) is 43.0 Å². The topological polar surface area (TPSA) is 61.4 Å². The fourth-order valence-corrected chi connectivity index (χ4v) is 3.33. The lowest BCUT2D eigenvalue weighted by atomic mass is 10.1. The number of rotatable bonds is 6. The van der Waals surface area contributed by atoms with E-state index < -0.39 is 0 Å². The summed E-state index contributed by atoms with van der Waals surface area (Å²) in [5.41, 5.74) is 3.27. The molecule has 3 rings (SSSR count). The largest absolute Gasteiger partial charge is 0.371 e. The molecule has 0 aromatic heterocycles. The lowest BCUT2D eigenvalue weighted by molar-refractivity contribution is -0.115. The van der Waals surface area contributed by atoms with Crippen LogP contribution in [0.1, 0.15) is 48.5 Å². The number of carbonyl (C=O) groups excluding carboxylic acids is 2. The third kappa shape index (κ3) is 5.09. The van der Waals surface area contributed by atoms with Crippen molar-refractivity contribution in [1.82, 2.24) is 5.32 Å². The molecule has 2 N–H and O–H groups in total. The van der Waals surface area contributed by atoms with Gasteiger partial charge in [-0.25, -0.2) is 0 Å². The van der Waals surface area contributed by atoms with Crippen molar-refractivity contribution in [2.24, 2.45) is 0 Å². The first kappa shape index (κ1) is 19.0. The monoisotopic (exact) mass is 365 g/mol. The highest BCUT2D eigenvalue weighted by atomic mass is 16.2. The van der Waals surface area contributed by atoms with Gasteiger partial charge in [0, 0.05) is 37.4 Å². The molecule has 1 fully saturated rings. The summed E-state index contributed by atoms with van der Waals surface area (Å²) in [6, 6.07) is 15.5. The normalized spacial score (nSPS) is 13.9. The van der Waals surface area contributed by atoms with Gasteiger partial charge in [0.15, 0.2) is 0 Å². The molecule has 0 unspecified atom stereocenters. The first-order valence-corrected chi connectivity index (χ1v) is 9.68. The molecule has 0 atom stereocenters. The van der Waals surface area contributed by atoms with Crippen LogP contribution in [0.25, 0.3) is 0 Å². The minimum Gasteiger partial charge on any atom is -0.371 e. The van der Waals surface area contributed by atoms with E-state index in [9.17, 15) is 9.59 Å². The number of benzene rings is 2. The molecular weight excluding hydrogens is 338 g/mol. The maximum atomic E-state index is 12.9. The van der Waals surface area contributed by atoms with Crippen LogP contribution in [-0.2, 0) is 11.3 Å². The van der Waals surface area contributed by atoms with Gasteiger partial charge in [0.05, 0.1) is 5.56 Å². The van der Waals surface area contributed by atoms with Gasteiger partial charge in [-0.15, -0.1) is 0 Å². The summed E-state index contributed by atoms with van der Waals surface area (Å²) >= 11 is 0. The van der Waals surface area contributed by atoms with Crippen molar-refractivity contribution in [3.63, 3.8) is 0 Å². The van der Waals surface area contributed by atoms with Crippen molar-refractivity contribution < 1.29 is 9.59 Å². The summed E-state index contributed by atoms with van der Waals surface area (Å²) in [7, 11) is 0. The molecule has 1 saturated heterocycles. The molecule has 142 valence electrons. The smallest absolute Gasteiger partial charge is 0.253 e. The van der Waals surface area contributed by atoms with Gasteiger partial charge in [0.2, 0.25) is 5.91 Å². The van der Waals surface area contributed by atoms with Gasteiger partial charge in [0.1, 0.15) is 0 Å². The van der Waals surface area contributed by atoms with Gasteiger partial charge in [-0.2, -0.15) is 0 Å². The summed E-state index contributed by atoms with van der Waals surface area (Å²) in [6.45, 7) is 4.20. The van der Waals surface area contributed by atoms with Crippen LogP contribution >= 0.6 is 0 Å². The van der Waals surface area contributed by atoms with Gasteiger partial charge < -0.3 is 15.5 Å². The van der Waals surface area contributed by atoms with E-state index in [-0.39, 0.29) is 11.8 Å². The Kier molecular flexibility index (Phi) is 6.47. The number of piperidine rings is 1. The minimum atomic E-state index is -0.118. The molecule has 0 saturated carbocycles. The molecule has 1 heterocycles. The van der Waals surface area contributed by atoms with Crippen LogP contribution in [0.5, 0.6) is 0 Å². The van der Waals surface area contributed by atoms with Gasteiger partial charge in [-0.3, -0.25) is 9.59 Å². The lowest BCUT2D eigenvalue weighted by Crippen LogP contribution is -2.32. The van der Waals surface area contributed by atoms with E-state index in [0.29, 0.717) is 24.2 Å². The predicted molar refractivity (Wildman–Crippen MR) is 109 cm³/mol. The first-order valence-electron chi connectivity index (χ1n) is 9.68. The zero-order valence-corrected chi connectivity index (χ0v) is 15.8. The average molecular weight is 365 g/mol. The number of hydrogen-bond acceptors (Lipinski definition) is 3. The highest BCUT2D eigenvalue weighted by Crippen LogP contribution is 2.27. The number of carbonyl (C=O) groups is 2. The summed E-state index contributed by atoms with van der Waals surface area (Å²) in [5.74, 6) is -0.177. The maximum absolute atomic E-state index is 12.9. The van der Waals surface area contributed by atoms with E-state index in [0.717, 1.165) is 37.2 Å². The number of nitrogens with zero attached hydrogens (tertiary/aromatic N) is 1. The predicted octanol–water partition coefficient (Wildman–Crippen LogP) is 3.96. The molecule has 0 bridgehead atoms. The fraction of sp³-hybridized carbons (Fsp3) is 0.364.